The Kier molecular flexibility index (Phi) is 4.27. The van der Waals surface area contributed by atoms with Gasteiger partial charge in [0.15, 0.2) is 0 Å². The molecule has 2 N–H and O–H groups in total. The number of aliphatic carboxylic acids is 1. The lowest BCUT2D eigenvalue weighted by Gasteiger charge is -2.23. The van der Waals surface area contributed by atoms with Crippen LogP contribution in [0.1, 0.15) is 13.3 Å². The Balaban J connectivity index is 2.11. The summed E-state index contributed by atoms with van der Waals surface area (Å²) >= 11 is 3.03. The van der Waals surface area contributed by atoms with Crippen molar-refractivity contribution in [2.45, 2.75) is 19.4 Å². The van der Waals surface area contributed by atoms with E-state index in [-0.39, 0.29) is 10.4 Å². The van der Waals surface area contributed by atoms with Crippen LogP contribution in [0.4, 0.5) is 14.9 Å². The van der Waals surface area contributed by atoms with Crippen molar-refractivity contribution in [2.24, 2.45) is 5.92 Å². The summed E-state index contributed by atoms with van der Waals surface area (Å²) in [6.45, 7) is 2.20. The van der Waals surface area contributed by atoms with Crippen LogP contribution in [0.5, 0.6) is 0 Å². The van der Waals surface area contributed by atoms with Gasteiger partial charge in [-0.1, -0.05) is 6.92 Å². The Morgan fingerprint density at radius 3 is 2.80 bits per heavy atom. The first-order chi connectivity index (χ1) is 9.40. The van der Waals surface area contributed by atoms with Gasteiger partial charge >= 0.3 is 12.0 Å². The van der Waals surface area contributed by atoms with Crippen LogP contribution in [0.2, 0.25) is 0 Å². The summed E-state index contributed by atoms with van der Waals surface area (Å²) < 4.78 is 13.3. The minimum atomic E-state index is -1.01. The number of amides is 2. The molecule has 1 aromatic carbocycles. The summed E-state index contributed by atoms with van der Waals surface area (Å²) in [5.74, 6) is -1.52. The average molecular weight is 345 g/mol. The molecule has 1 fully saturated rings. The maximum Gasteiger partial charge on any atom is 0.326 e. The van der Waals surface area contributed by atoms with Gasteiger partial charge in [-0.25, -0.2) is 14.0 Å². The van der Waals surface area contributed by atoms with Gasteiger partial charge in [-0.15, -0.1) is 0 Å². The van der Waals surface area contributed by atoms with Crippen molar-refractivity contribution >= 4 is 33.6 Å². The van der Waals surface area contributed by atoms with E-state index in [1.165, 1.54) is 23.1 Å². The summed E-state index contributed by atoms with van der Waals surface area (Å²) in [5.41, 5.74) is 0.409. The van der Waals surface area contributed by atoms with E-state index in [1.54, 1.807) is 6.92 Å². The van der Waals surface area contributed by atoms with Gasteiger partial charge in [0.05, 0.1) is 4.47 Å². The van der Waals surface area contributed by atoms with Crippen molar-refractivity contribution < 1.29 is 19.1 Å². The number of rotatable bonds is 2. The highest BCUT2D eigenvalue weighted by Crippen LogP contribution is 2.26. The minimum absolute atomic E-state index is 0.0850. The number of benzene rings is 1. The van der Waals surface area contributed by atoms with Gasteiger partial charge in [0, 0.05) is 12.2 Å². The highest BCUT2D eigenvalue weighted by Gasteiger charge is 2.39. The zero-order valence-corrected chi connectivity index (χ0v) is 12.4. The van der Waals surface area contributed by atoms with Crippen LogP contribution in [0.3, 0.4) is 0 Å². The fraction of sp³-hybridized carbons (Fsp3) is 0.385. The molecule has 108 valence electrons. The summed E-state index contributed by atoms with van der Waals surface area (Å²) in [6, 6.07) is 2.77. The molecule has 20 heavy (non-hydrogen) atoms. The molecular formula is C13H14BrFN2O3. The summed E-state index contributed by atoms with van der Waals surface area (Å²) in [6.07, 6.45) is 0.650. The number of anilines is 1. The molecular weight excluding hydrogens is 331 g/mol. The summed E-state index contributed by atoms with van der Waals surface area (Å²) in [5, 5.41) is 11.8. The molecule has 1 aliphatic heterocycles. The van der Waals surface area contributed by atoms with Crippen LogP contribution in [0, 0.1) is 11.7 Å². The standard InChI is InChI=1S/C13H14BrFN2O3/c1-7-4-5-17(11(7)12(18)19)13(20)16-8-2-3-10(15)9(14)6-8/h2-3,6-7,11H,4-5H2,1H3,(H,16,20)(H,18,19). The van der Waals surface area contributed by atoms with E-state index in [1.807, 2.05) is 0 Å². The second-order valence-corrected chi connectivity index (χ2v) is 5.66. The monoisotopic (exact) mass is 344 g/mol. The first-order valence-corrected chi connectivity index (χ1v) is 6.95. The smallest absolute Gasteiger partial charge is 0.326 e. The number of hydrogen-bond acceptors (Lipinski definition) is 2. The lowest BCUT2D eigenvalue weighted by molar-refractivity contribution is -0.142. The van der Waals surface area contributed by atoms with Crippen LogP contribution < -0.4 is 5.32 Å². The quantitative estimate of drug-likeness (QED) is 0.866. The van der Waals surface area contributed by atoms with Crippen LogP contribution in [0.15, 0.2) is 22.7 Å². The third-order valence-electron chi connectivity index (χ3n) is 3.38. The Bertz CT molecular complexity index is 552. The molecule has 0 radical (unpaired) electrons. The number of carbonyl (C=O) groups excluding carboxylic acids is 1. The highest BCUT2D eigenvalue weighted by atomic mass is 79.9. The summed E-state index contributed by atoms with van der Waals surface area (Å²) in [7, 11) is 0. The predicted molar refractivity (Wildman–Crippen MR) is 75.0 cm³/mol. The van der Waals surface area contributed by atoms with E-state index in [9.17, 15) is 19.1 Å². The van der Waals surface area contributed by atoms with E-state index in [0.29, 0.717) is 18.7 Å². The van der Waals surface area contributed by atoms with Gasteiger partial charge in [0.1, 0.15) is 11.9 Å². The van der Waals surface area contributed by atoms with Gasteiger partial charge in [0.2, 0.25) is 0 Å². The number of likely N-dealkylation sites (tertiary alicyclic amines) is 1. The Labute approximate surface area is 123 Å². The minimum Gasteiger partial charge on any atom is -0.480 e. The fourth-order valence-corrected chi connectivity index (χ4v) is 2.70. The molecule has 1 saturated heterocycles. The van der Waals surface area contributed by atoms with Gasteiger partial charge in [-0.2, -0.15) is 0 Å². The SMILES string of the molecule is CC1CCN(C(=O)Nc2ccc(F)c(Br)c2)C1C(=O)O. The topological polar surface area (TPSA) is 69.6 Å². The fourth-order valence-electron chi connectivity index (χ4n) is 2.32. The van der Waals surface area contributed by atoms with Crippen LogP contribution in [-0.4, -0.2) is 34.6 Å². The van der Waals surface area contributed by atoms with Gasteiger partial charge < -0.3 is 15.3 Å². The summed E-state index contributed by atoms with van der Waals surface area (Å²) in [4.78, 5) is 24.6. The van der Waals surface area contributed by atoms with Crippen LogP contribution in [-0.2, 0) is 4.79 Å². The third kappa shape index (κ3) is 2.92. The molecule has 7 heteroatoms. The predicted octanol–water partition coefficient (Wildman–Crippen LogP) is 2.92. The van der Waals surface area contributed by atoms with Gasteiger partial charge in [0.25, 0.3) is 0 Å². The van der Waals surface area contributed by atoms with Gasteiger partial charge in [-0.05, 0) is 46.5 Å². The Morgan fingerprint density at radius 1 is 1.50 bits per heavy atom. The number of nitrogens with one attached hydrogen (secondary N) is 1. The third-order valence-corrected chi connectivity index (χ3v) is 3.99. The first-order valence-electron chi connectivity index (χ1n) is 6.15. The van der Waals surface area contributed by atoms with Crippen molar-refractivity contribution in [3.8, 4) is 0 Å². The van der Waals surface area contributed by atoms with Crippen molar-refractivity contribution in [1.29, 1.82) is 0 Å². The molecule has 1 aromatic rings. The molecule has 0 aliphatic carbocycles. The number of carboxylic acids is 1. The second kappa shape index (κ2) is 5.78. The molecule has 2 amide bonds. The van der Waals surface area contributed by atoms with E-state index >= 15 is 0 Å². The molecule has 0 spiro atoms. The molecule has 0 bridgehead atoms. The molecule has 0 aromatic heterocycles. The zero-order valence-electron chi connectivity index (χ0n) is 10.8. The van der Waals surface area contributed by atoms with E-state index < -0.39 is 23.9 Å². The van der Waals surface area contributed by atoms with Crippen molar-refractivity contribution in [1.82, 2.24) is 4.90 Å². The number of nitrogens with zero attached hydrogens (tertiary/aromatic N) is 1. The largest absolute Gasteiger partial charge is 0.480 e. The highest BCUT2D eigenvalue weighted by molar-refractivity contribution is 9.10. The molecule has 1 aliphatic rings. The maximum atomic E-state index is 13.1. The molecule has 2 rings (SSSR count). The van der Waals surface area contributed by atoms with Crippen molar-refractivity contribution in [3.05, 3.63) is 28.5 Å². The number of carboxylic acid groups (broad SMARTS) is 1. The zero-order chi connectivity index (χ0) is 14.9. The lowest BCUT2D eigenvalue weighted by Crippen LogP contribution is -2.44. The molecule has 5 nitrogen and oxygen atoms in total. The van der Waals surface area contributed by atoms with Crippen LogP contribution >= 0.6 is 15.9 Å². The Hall–Kier alpha value is -1.63. The van der Waals surface area contributed by atoms with Gasteiger partial charge in [-0.3, -0.25) is 0 Å². The molecule has 2 atom stereocenters. The maximum absolute atomic E-state index is 13.1. The van der Waals surface area contributed by atoms with E-state index in [4.69, 9.17) is 0 Å². The normalized spacial score (nSPS) is 21.9. The molecule has 0 saturated carbocycles. The average Bonchev–Trinajstić information content (AvgIpc) is 2.76. The van der Waals surface area contributed by atoms with Crippen molar-refractivity contribution in [3.63, 3.8) is 0 Å². The lowest BCUT2D eigenvalue weighted by atomic mass is 10.0. The second-order valence-electron chi connectivity index (χ2n) is 4.80. The van der Waals surface area contributed by atoms with E-state index in [2.05, 4.69) is 21.2 Å². The number of carbonyl (C=O) groups is 2. The number of urea groups is 1. The Morgan fingerprint density at radius 2 is 2.20 bits per heavy atom. The molecule has 1 heterocycles. The number of hydrogen-bond donors (Lipinski definition) is 2. The molecule has 2 unspecified atom stereocenters. The van der Waals surface area contributed by atoms with Crippen molar-refractivity contribution in [2.75, 3.05) is 11.9 Å². The van der Waals surface area contributed by atoms with Crippen LogP contribution in [0.25, 0.3) is 0 Å². The van der Waals surface area contributed by atoms with E-state index in [0.717, 1.165) is 0 Å². The first kappa shape index (κ1) is 14.8. The number of halogens is 2.